The van der Waals surface area contributed by atoms with Gasteiger partial charge in [0.15, 0.2) is 11.5 Å². The summed E-state index contributed by atoms with van der Waals surface area (Å²) in [5.74, 6) is 1.34. The van der Waals surface area contributed by atoms with Crippen molar-refractivity contribution in [2.24, 2.45) is 0 Å². The Kier molecular flexibility index (Phi) is 8.99. The van der Waals surface area contributed by atoms with Crippen LogP contribution in [0.1, 0.15) is 43.4 Å². The Morgan fingerprint density at radius 2 is 1.87 bits per heavy atom. The highest BCUT2D eigenvalue weighted by Gasteiger charge is 2.15. The maximum atomic E-state index is 10.5. The Balaban J connectivity index is 1.49. The molecule has 0 spiro atoms. The van der Waals surface area contributed by atoms with Crippen LogP contribution in [0.3, 0.4) is 0 Å². The minimum atomic E-state index is -0.512. The van der Waals surface area contributed by atoms with Crippen molar-refractivity contribution in [3.8, 4) is 11.5 Å². The third-order valence-electron chi connectivity index (χ3n) is 5.45. The van der Waals surface area contributed by atoms with Crippen molar-refractivity contribution >= 4 is 0 Å². The van der Waals surface area contributed by atoms with E-state index in [1.165, 1.54) is 32.1 Å². The zero-order valence-electron chi connectivity index (χ0n) is 18.3. The van der Waals surface area contributed by atoms with Gasteiger partial charge in [-0.2, -0.15) is 0 Å². The van der Waals surface area contributed by atoms with Crippen LogP contribution >= 0.6 is 0 Å². The standard InChI is InChI=1S/C23H35N3O4/c1-25(16-20-10-13-30-24-20)15-19-8-9-22(23(14-19)28-2)29-18-21(27)17-26-11-6-4-3-5-7-12-26/h8-10,13-14,21,27H,3-7,11-12,15-18H2,1-2H3. The van der Waals surface area contributed by atoms with Crippen LogP contribution < -0.4 is 9.47 Å². The number of hydrogen-bond acceptors (Lipinski definition) is 7. The second-order valence-electron chi connectivity index (χ2n) is 8.18. The third kappa shape index (κ3) is 7.31. The van der Waals surface area contributed by atoms with Crippen molar-refractivity contribution < 1.29 is 19.1 Å². The van der Waals surface area contributed by atoms with Crippen molar-refractivity contribution in [3.63, 3.8) is 0 Å². The number of benzene rings is 1. The Labute approximate surface area is 179 Å². The average molecular weight is 418 g/mol. The van der Waals surface area contributed by atoms with E-state index in [0.29, 0.717) is 24.6 Å². The monoisotopic (exact) mass is 417 g/mol. The molecule has 0 aliphatic carbocycles. The van der Waals surface area contributed by atoms with E-state index >= 15 is 0 Å². The molecule has 1 aliphatic rings. The van der Waals surface area contributed by atoms with Crippen molar-refractivity contribution in [2.45, 2.75) is 51.3 Å². The van der Waals surface area contributed by atoms with Gasteiger partial charge in [-0.25, -0.2) is 0 Å². The molecule has 1 unspecified atom stereocenters. The van der Waals surface area contributed by atoms with E-state index in [1.54, 1.807) is 13.4 Å². The lowest BCUT2D eigenvalue weighted by Crippen LogP contribution is -2.37. The van der Waals surface area contributed by atoms with Gasteiger partial charge in [0, 0.05) is 25.7 Å². The summed E-state index contributed by atoms with van der Waals surface area (Å²) in [7, 11) is 3.68. The SMILES string of the molecule is COc1cc(CN(C)Cc2ccon2)ccc1OCC(O)CN1CCCCCCC1. The Bertz CT molecular complexity index is 730. The fraction of sp³-hybridized carbons (Fsp3) is 0.609. The largest absolute Gasteiger partial charge is 0.493 e. The molecular weight excluding hydrogens is 382 g/mol. The van der Waals surface area contributed by atoms with Crippen LogP contribution in [0.5, 0.6) is 11.5 Å². The first-order chi connectivity index (χ1) is 14.6. The summed E-state index contributed by atoms with van der Waals surface area (Å²) in [6, 6.07) is 7.80. The highest BCUT2D eigenvalue weighted by molar-refractivity contribution is 5.43. The number of likely N-dealkylation sites (tertiary alicyclic amines) is 1. The molecule has 0 amide bonds. The highest BCUT2D eigenvalue weighted by Crippen LogP contribution is 2.29. The molecule has 1 fully saturated rings. The van der Waals surface area contributed by atoms with Gasteiger partial charge in [-0.3, -0.25) is 4.90 Å². The summed E-state index contributed by atoms with van der Waals surface area (Å²) in [5.41, 5.74) is 2.02. The second-order valence-corrected chi connectivity index (χ2v) is 8.18. The molecule has 30 heavy (non-hydrogen) atoms. The lowest BCUT2D eigenvalue weighted by Gasteiger charge is -2.26. The summed E-state index contributed by atoms with van der Waals surface area (Å²) in [6.45, 7) is 4.51. The average Bonchev–Trinajstić information content (AvgIpc) is 3.21. The van der Waals surface area contributed by atoms with Crippen LogP contribution in [0.15, 0.2) is 35.1 Å². The van der Waals surface area contributed by atoms with E-state index in [1.807, 2.05) is 31.3 Å². The van der Waals surface area contributed by atoms with E-state index in [2.05, 4.69) is 15.0 Å². The van der Waals surface area contributed by atoms with Gasteiger partial charge in [-0.15, -0.1) is 0 Å². The van der Waals surface area contributed by atoms with E-state index in [4.69, 9.17) is 14.0 Å². The number of methoxy groups -OCH3 is 1. The van der Waals surface area contributed by atoms with Crippen LogP contribution in [0, 0.1) is 0 Å². The van der Waals surface area contributed by atoms with Crippen LogP contribution in [0.4, 0.5) is 0 Å². The van der Waals surface area contributed by atoms with Gasteiger partial charge in [0.2, 0.25) is 0 Å². The smallest absolute Gasteiger partial charge is 0.161 e. The maximum absolute atomic E-state index is 10.5. The zero-order chi connectivity index (χ0) is 21.2. The molecule has 1 saturated heterocycles. The van der Waals surface area contributed by atoms with E-state index in [9.17, 15) is 5.11 Å². The second kappa shape index (κ2) is 11.9. The first-order valence-corrected chi connectivity index (χ1v) is 10.9. The lowest BCUT2D eigenvalue weighted by atomic mass is 10.1. The van der Waals surface area contributed by atoms with E-state index in [-0.39, 0.29) is 6.61 Å². The Morgan fingerprint density at radius 3 is 2.57 bits per heavy atom. The molecule has 7 nitrogen and oxygen atoms in total. The van der Waals surface area contributed by atoms with Gasteiger partial charge in [0.1, 0.15) is 19.0 Å². The summed E-state index contributed by atoms with van der Waals surface area (Å²) >= 11 is 0. The predicted molar refractivity (Wildman–Crippen MR) is 116 cm³/mol. The summed E-state index contributed by atoms with van der Waals surface area (Å²) in [5, 5.41) is 14.4. The van der Waals surface area contributed by atoms with Crippen molar-refractivity contribution in [2.75, 3.05) is 40.4 Å². The van der Waals surface area contributed by atoms with Gasteiger partial charge in [-0.05, 0) is 50.7 Å². The molecule has 1 N–H and O–H groups in total. The fourth-order valence-electron chi connectivity index (χ4n) is 3.93. The molecule has 0 bridgehead atoms. The minimum Gasteiger partial charge on any atom is -0.493 e. The Hall–Kier alpha value is -2.09. The number of nitrogens with zero attached hydrogens (tertiary/aromatic N) is 3. The fourth-order valence-corrected chi connectivity index (χ4v) is 3.93. The van der Waals surface area contributed by atoms with Gasteiger partial charge >= 0.3 is 0 Å². The first-order valence-electron chi connectivity index (χ1n) is 10.9. The van der Waals surface area contributed by atoms with Crippen LogP contribution in [-0.4, -0.2) is 66.6 Å². The van der Waals surface area contributed by atoms with Gasteiger partial charge in [0.25, 0.3) is 0 Å². The van der Waals surface area contributed by atoms with Crippen LogP contribution in [0.25, 0.3) is 0 Å². The van der Waals surface area contributed by atoms with Crippen LogP contribution in [0.2, 0.25) is 0 Å². The number of aliphatic hydroxyl groups excluding tert-OH is 1. The molecule has 1 atom stereocenters. The van der Waals surface area contributed by atoms with E-state index < -0.39 is 6.10 Å². The van der Waals surface area contributed by atoms with Crippen molar-refractivity contribution in [3.05, 3.63) is 41.8 Å². The molecule has 0 saturated carbocycles. The van der Waals surface area contributed by atoms with Gasteiger partial charge in [-0.1, -0.05) is 30.5 Å². The number of rotatable bonds is 10. The molecule has 1 aromatic heterocycles. The van der Waals surface area contributed by atoms with Gasteiger partial charge < -0.3 is 24.0 Å². The highest BCUT2D eigenvalue weighted by atomic mass is 16.5. The topological polar surface area (TPSA) is 71.2 Å². The molecule has 3 rings (SSSR count). The molecule has 0 radical (unpaired) electrons. The number of β-amino-alcohol motifs (C(OH)–C–C–N with tert-alkyl or cyclic N) is 1. The number of ether oxygens (including phenoxy) is 2. The number of hydrogen-bond donors (Lipinski definition) is 1. The van der Waals surface area contributed by atoms with E-state index in [0.717, 1.165) is 30.9 Å². The predicted octanol–water partition coefficient (Wildman–Crippen LogP) is 3.32. The number of aromatic nitrogens is 1. The molecule has 7 heteroatoms. The normalized spacial score (nSPS) is 16.8. The van der Waals surface area contributed by atoms with Crippen LogP contribution in [-0.2, 0) is 13.1 Å². The number of aliphatic hydroxyl groups is 1. The summed E-state index contributed by atoms with van der Waals surface area (Å²) < 4.78 is 16.3. The molecular formula is C23H35N3O4. The molecule has 166 valence electrons. The summed E-state index contributed by atoms with van der Waals surface area (Å²) in [6.07, 6.45) is 7.43. The van der Waals surface area contributed by atoms with Gasteiger partial charge in [0.05, 0.1) is 12.8 Å². The lowest BCUT2D eigenvalue weighted by molar-refractivity contribution is 0.0645. The maximum Gasteiger partial charge on any atom is 0.161 e. The Morgan fingerprint density at radius 1 is 1.10 bits per heavy atom. The third-order valence-corrected chi connectivity index (χ3v) is 5.45. The summed E-state index contributed by atoms with van der Waals surface area (Å²) in [4.78, 5) is 4.51. The molecule has 1 aromatic carbocycles. The van der Waals surface area contributed by atoms with Crippen molar-refractivity contribution in [1.82, 2.24) is 15.0 Å². The minimum absolute atomic E-state index is 0.262. The molecule has 2 aromatic rings. The zero-order valence-corrected chi connectivity index (χ0v) is 18.3. The first kappa shape index (κ1) is 22.6. The molecule has 2 heterocycles. The van der Waals surface area contributed by atoms with Crippen molar-refractivity contribution in [1.29, 1.82) is 0 Å². The molecule has 1 aliphatic heterocycles. The quantitative estimate of drug-likeness (QED) is 0.636.